The van der Waals surface area contributed by atoms with Crippen molar-refractivity contribution in [3.8, 4) is 29.4 Å². The van der Waals surface area contributed by atoms with Crippen molar-refractivity contribution >= 4 is 51.2 Å². The number of aromatic hydroxyl groups is 1. The number of benzene rings is 1. The van der Waals surface area contributed by atoms with Crippen LogP contribution in [-0.4, -0.2) is 144 Å². The molecule has 2 fully saturated rings. The number of amides is 1. The monoisotopic (exact) mass is 900 g/mol. The summed E-state index contributed by atoms with van der Waals surface area (Å²) in [7, 11) is 2.71. The fraction of sp³-hybridized carbons (Fsp3) is 0.500. The van der Waals surface area contributed by atoms with Crippen molar-refractivity contribution in [1.82, 2.24) is 15.6 Å². The minimum absolute atomic E-state index is 0.0394. The molecular weight excluding hydrogens is 849 g/mol. The first-order valence-corrected chi connectivity index (χ1v) is 22.1. The molecule has 340 valence electrons. The van der Waals surface area contributed by atoms with Crippen LogP contribution in [0.5, 0.6) is 5.75 Å². The average molecular weight is 901 g/mol. The van der Waals surface area contributed by atoms with Crippen LogP contribution < -0.4 is 10.6 Å². The van der Waals surface area contributed by atoms with Gasteiger partial charge in [0.1, 0.15) is 23.7 Å². The molecule has 1 aromatic heterocycles. The maximum Gasteiger partial charge on any atom is 0.411 e. The van der Waals surface area contributed by atoms with Crippen LogP contribution in [0.15, 0.2) is 58.3 Å². The number of allylic oxidation sites excluding steroid dienone is 3. The number of nitrogens with one attached hydrogen (secondary N) is 3. The molecule has 1 aromatic carbocycles. The molecule has 17 nitrogen and oxygen atoms in total. The molecule has 0 spiro atoms. The van der Waals surface area contributed by atoms with E-state index < -0.39 is 79.0 Å². The number of thioether (sulfide) groups is 1. The summed E-state index contributed by atoms with van der Waals surface area (Å²) in [6.07, 6.45) is -5.78. The summed E-state index contributed by atoms with van der Waals surface area (Å²) in [5.74, 6) is 8.37. The van der Waals surface area contributed by atoms with E-state index in [2.05, 4.69) is 44.3 Å². The number of aromatic amines is 1. The summed E-state index contributed by atoms with van der Waals surface area (Å²) >= 11 is 0.973. The first kappa shape index (κ1) is 46.9. The normalized spacial score (nSPS) is 31.4. The molecule has 7 rings (SSSR count). The van der Waals surface area contributed by atoms with Gasteiger partial charge in [0.15, 0.2) is 29.3 Å². The number of hydrogen-bond acceptors (Lipinski definition) is 16. The minimum Gasteiger partial charge on any atom is -0.508 e. The van der Waals surface area contributed by atoms with Crippen LogP contribution >= 0.6 is 11.8 Å². The zero-order chi connectivity index (χ0) is 45.7. The second-order valence-electron chi connectivity index (χ2n) is 15.8. The van der Waals surface area contributed by atoms with E-state index in [0.29, 0.717) is 30.7 Å². The number of alkyl carbamates (subject to hydrolysis) is 1. The quantitative estimate of drug-likeness (QED) is 0.133. The van der Waals surface area contributed by atoms with Crippen molar-refractivity contribution in [1.29, 1.82) is 0 Å². The van der Waals surface area contributed by atoms with E-state index in [9.17, 15) is 34.5 Å². The van der Waals surface area contributed by atoms with Gasteiger partial charge in [0, 0.05) is 55.6 Å². The van der Waals surface area contributed by atoms with E-state index in [0.717, 1.165) is 29.8 Å². The number of likely N-dealkylation sites (N-methyl/N-ethyl adjacent to an activating group) is 1. The van der Waals surface area contributed by atoms with Gasteiger partial charge in [-0.05, 0) is 61.4 Å². The SMILES string of the molecule is CCNC1COC(OC2C(O[C@H]3C#C/C=C\C#CC4=C(NC(=O)OC)C(=O)C[C@H](O)/C(=C/CSC(C)=O)C43)OC(C)C(C(=O)C3=NCCc4c3[nH]c3ccc(O)cc43)C2O)CC1OC. The lowest BCUT2D eigenvalue weighted by atomic mass is 9.82. The van der Waals surface area contributed by atoms with E-state index in [1.165, 1.54) is 19.1 Å². The Labute approximate surface area is 374 Å². The summed E-state index contributed by atoms with van der Waals surface area (Å²) in [6.45, 7) is 6.14. The number of ether oxygens (including phenoxy) is 6. The standard InChI is InChI=1S/C46H52N4O13S/c1-6-47-31-22-60-36(21-35(31)58-4)63-44-43(56)37(42(55)41-40-26(15-17-48-41)29-19-25(52)13-14-30(29)49-40)23(2)61-45(44)62-34-12-10-8-7-9-11-28-38(34)27(16-18-64-24(3)51)32(53)20-33(54)39(28)50-46(57)59-5/h7-8,13-14,16,19,23,31-32,34-38,43-45,47,49,52-53,56H,6,15,17-18,20-22H2,1-5H3,(H,50,57)/b8-7-,27-16-/t23?,31?,32-,34-,35?,36?,37?,38?,43?,44?,45?/m0/s1. The molecule has 4 heterocycles. The van der Waals surface area contributed by atoms with Crippen LogP contribution in [0.3, 0.4) is 0 Å². The topological polar surface area (TPSA) is 237 Å². The zero-order valence-corrected chi connectivity index (χ0v) is 36.9. The van der Waals surface area contributed by atoms with Gasteiger partial charge in [-0.15, -0.1) is 0 Å². The highest BCUT2D eigenvalue weighted by atomic mass is 32.2. The molecule has 0 saturated carbocycles. The Kier molecular flexibility index (Phi) is 15.2. The smallest absolute Gasteiger partial charge is 0.411 e. The number of aliphatic imine (C=N–C) groups is 1. The third kappa shape index (κ3) is 10.1. The highest BCUT2D eigenvalue weighted by Crippen LogP contribution is 2.40. The predicted octanol–water partition coefficient (Wildman–Crippen LogP) is 2.36. The summed E-state index contributed by atoms with van der Waals surface area (Å²) in [5.41, 5.74) is 2.13. The van der Waals surface area contributed by atoms with Crippen molar-refractivity contribution in [2.45, 2.75) is 95.3 Å². The number of fused-ring (bicyclic) bond motifs is 4. The number of Topliss-reactive ketones (excluding diaryl/α,β-unsaturated/α-hetero) is 2. The Hall–Kier alpha value is -5.12. The Morgan fingerprint density at radius 2 is 1.94 bits per heavy atom. The van der Waals surface area contributed by atoms with Crippen LogP contribution in [0.4, 0.5) is 4.79 Å². The van der Waals surface area contributed by atoms with Crippen molar-refractivity contribution in [2.75, 3.05) is 39.7 Å². The van der Waals surface area contributed by atoms with Crippen LogP contribution in [0, 0.1) is 35.5 Å². The number of ketones is 2. The highest BCUT2D eigenvalue weighted by molar-refractivity contribution is 8.13. The number of aromatic nitrogens is 1. The fourth-order valence-corrected chi connectivity index (χ4v) is 9.31. The second kappa shape index (κ2) is 20.8. The molecule has 64 heavy (non-hydrogen) atoms. The van der Waals surface area contributed by atoms with Crippen LogP contribution in [0.25, 0.3) is 10.9 Å². The van der Waals surface area contributed by atoms with Gasteiger partial charge in [-0.3, -0.25) is 24.7 Å². The Balaban J connectivity index is 1.29. The first-order valence-electron chi connectivity index (χ1n) is 21.1. The molecule has 0 bridgehead atoms. The van der Waals surface area contributed by atoms with Crippen molar-refractivity contribution < 1.29 is 62.9 Å². The van der Waals surface area contributed by atoms with Gasteiger partial charge < -0.3 is 54.0 Å². The highest BCUT2D eigenvalue weighted by Gasteiger charge is 2.52. The molecule has 9 unspecified atom stereocenters. The summed E-state index contributed by atoms with van der Waals surface area (Å²) in [5, 5.41) is 40.9. The third-order valence-electron chi connectivity index (χ3n) is 11.8. The van der Waals surface area contributed by atoms with Gasteiger partial charge in [-0.2, -0.15) is 0 Å². The van der Waals surface area contributed by atoms with Gasteiger partial charge >= 0.3 is 6.09 Å². The number of aliphatic hydroxyl groups excluding tert-OH is 2. The number of phenols is 1. The van der Waals surface area contributed by atoms with Gasteiger partial charge in [0.2, 0.25) is 0 Å². The lowest BCUT2D eigenvalue weighted by molar-refractivity contribution is -0.331. The van der Waals surface area contributed by atoms with Crippen molar-refractivity contribution in [3.63, 3.8) is 0 Å². The Morgan fingerprint density at radius 3 is 2.69 bits per heavy atom. The molecule has 3 aliphatic heterocycles. The molecule has 6 N–H and O–H groups in total. The molecule has 18 heteroatoms. The van der Waals surface area contributed by atoms with Crippen LogP contribution in [0.2, 0.25) is 0 Å². The molecule has 11 atom stereocenters. The second-order valence-corrected chi connectivity index (χ2v) is 17.0. The maximum atomic E-state index is 14.8. The molecule has 1 amide bonds. The average Bonchev–Trinajstić information content (AvgIpc) is 3.64. The predicted molar refractivity (Wildman–Crippen MR) is 234 cm³/mol. The van der Waals surface area contributed by atoms with E-state index >= 15 is 0 Å². The lowest BCUT2D eigenvalue weighted by Crippen LogP contribution is -2.61. The largest absolute Gasteiger partial charge is 0.508 e. The number of hydrogen-bond donors (Lipinski definition) is 6. The number of H-pyrrole nitrogens is 1. The molecule has 2 saturated heterocycles. The van der Waals surface area contributed by atoms with Gasteiger partial charge in [0.25, 0.3) is 0 Å². The van der Waals surface area contributed by atoms with E-state index in [-0.39, 0.29) is 64.3 Å². The molecular formula is C46H52N4O13S. The van der Waals surface area contributed by atoms with Crippen molar-refractivity contribution in [3.05, 3.63) is 64.5 Å². The molecule has 0 radical (unpaired) electrons. The number of aliphatic hydroxyl groups is 2. The molecule has 2 aliphatic carbocycles. The van der Waals surface area contributed by atoms with Crippen molar-refractivity contribution in [2.24, 2.45) is 16.8 Å². The molecule has 2 aromatic rings. The summed E-state index contributed by atoms with van der Waals surface area (Å²) in [4.78, 5) is 61.2. The lowest BCUT2D eigenvalue weighted by Gasteiger charge is -2.46. The Bertz CT molecular complexity index is 2400. The number of methoxy groups -OCH3 is 2. The van der Waals surface area contributed by atoms with Crippen LogP contribution in [0.1, 0.15) is 44.9 Å². The van der Waals surface area contributed by atoms with E-state index in [4.69, 9.17) is 28.4 Å². The van der Waals surface area contributed by atoms with Gasteiger partial charge in [-0.1, -0.05) is 48.4 Å². The number of carbonyl (C=O) groups is 4. The number of phenolic OH excluding ortho intramolecular Hbond substituents is 1. The first-order chi connectivity index (χ1) is 30.8. The maximum absolute atomic E-state index is 14.8. The summed E-state index contributed by atoms with van der Waals surface area (Å²) < 4.78 is 36.8. The van der Waals surface area contributed by atoms with Gasteiger partial charge in [0.05, 0.1) is 67.4 Å². The molecule has 5 aliphatic rings. The van der Waals surface area contributed by atoms with Gasteiger partial charge in [-0.25, -0.2) is 4.79 Å². The Morgan fingerprint density at radius 1 is 1.14 bits per heavy atom. The minimum atomic E-state index is -1.60. The summed E-state index contributed by atoms with van der Waals surface area (Å²) in [6, 6.07) is 4.74. The number of nitrogens with zero attached hydrogens (tertiary/aromatic N) is 1. The van der Waals surface area contributed by atoms with E-state index in [1.807, 2.05) is 6.92 Å². The van der Waals surface area contributed by atoms with E-state index in [1.54, 1.807) is 38.3 Å². The van der Waals surface area contributed by atoms with Crippen LogP contribution in [-0.2, 0) is 49.2 Å². The zero-order valence-electron chi connectivity index (χ0n) is 36.0. The third-order valence-corrected chi connectivity index (χ3v) is 12.5. The number of carbonyl (C=O) groups excluding carboxylic acids is 4. The fourth-order valence-electron chi connectivity index (χ4n) is 8.80. The number of rotatable bonds is 12.